The van der Waals surface area contributed by atoms with Gasteiger partial charge in [0.25, 0.3) is 5.91 Å². The predicted molar refractivity (Wildman–Crippen MR) is 160 cm³/mol. The van der Waals surface area contributed by atoms with E-state index in [1.165, 1.54) is 44.8 Å². The Kier molecular flexibility index (Phi) is 7.43. The van der Waals surface area contributed by atoms with Crippen LogP contribution in [0.5, 0.6) is 17.2 Å². The smallest absolute Gasteiger partial charge is 0.259 e. The topological polar surface area (TPSA) is 77.1 Å². The molecule has 214 valence electrons. The second kappa shape index (κ2) is 11.3. The Labute approximate surface area is 247 Å². The number of amides is 1. The number of anilines is 2. The molecule has 42 heavy (non-hydrogen) atoms. The summed E-state index contributed by atoms with van der Waals surface area (Å²) in [6, 6.07) is 20.3. The van der Waals surface area contributed by atoms with Crippen molar-refractivity contribution in [2.75, 3.05) is 31.5 Å². The van der Waals surface area contributed by atoms with Crippen molar-refractivity contribution in [3.05, 3.63) is 111 Å². The van der Waals surface area contributed by atoms with Gasteiger partial charge >= 0.3 is 0 Å². The number of Topliss-reactive ketones (excluding diaryl/α,β-unsaturated/α-hetero) is 1. The summed E-state index contributed by atoms with van der Waals surface area (Å²) in [7, 11) is 4.51. The molecule has 7 nitrogen and oxygen atoms in total. The first-order valence-corrected chi connectivity index (χ1v) is 14.4. The number of thiophene rings is 1. The number of methoxy groups -OCH3 is 3. The molecule has 0 saturated heterocycles. The normalized spacial score (nSPS) is 18.0. The molecule has 0 saturated carbocycles. The van der Waals surface area contributed by atoms with Crippen LogP contribution in [-0.4, -0.2) is 33.0 Å². The van der Waals surface area contributed by atoms with E-state index < -0.39 is 6.04 Å². The molecule has 1 aromatic heterocycles. The average molecular weight is 585 g/mol. The maximum Gasteiger partial charge on any atom is 0.259 e. The lowest BCUT2D eigenvalue weighted by atomic mass is 9.79. The van der Waals surface area contributed by atoms with Gasteiger partial charge in [-0.1, -0.05) is 30.3 Å². The van der Waals surface area contributed by atoms with Gasteiger partial charge in [0, 0.05) is 28.1 Å². The van der Waals surface area contributed by atoms with Gasteiger partial charge in [-0.15, -0.1) is 11.3 Å². The van der Waals surface area contributed by atoms with E-state index >= 15 is 0 Å². The molecule has 1 aliphatic carbocycles. The van der Waals surface area contributed by atoms with E-state index in [0.29, 0.717) is 46.2 Å². The first-order valence-electron chi connectivity index (χ1n) is 13.5. The molecule has 0 radical (unpaired) electrons. The lowest BCUT2D eigenvalue weighted by molar-refractivity contribution is -0.116. The number of carbonyl (C=O) groups is 2. The number of fused-ring (bicyclic) bond motifs is 1. The third kappa shape index (κ3) is 4.79. The Balaban J connectivity index is 1.53. The molecule has 9 heteroatoms. The number of allylic oxidation sites excluding steroid dienone is 1. The Morgan fingerprint density at radius 2 is 1.64 bits per heavy atom. The fourth-order valence-corrected chi connectivity index (χ4v) is 6.67. The minimum Gasteiger partial charge on any atom is -0.493 e. The summed E-state index contributed by atoms with van der Waals surface area (Å²) in [6.07, 6.45) is 0.783. The Morgan fingerprint density at radius 3 is 2.29 bits per heavy atom. The lowest BCUT2D eigenvalue weighted by Gasteiger charge is -2.34. The molecule has 1 amide bonds. The van der Waals surface area contributed by atoms with Crippen molar-refractivity contribution < 1.29 is 28.2 Å². The van der Waals surface area contributed by atoms with Gasteiger partial charge in [0.05, 0.1) is 32.7 Å². The molecule has 1 aliphatic heterocycles. The minimum absolute atomic E-state index is 0.0630. The predicted octanol–water partition coefficient (Wildman–Crippen LogP) is 7.13. The van der Waals surface area contributed by atoms with Crippen LogP contribution in [0.2, 0.25) is 0 Å². The lowest BCUT2D eigenvalue weighted by Crippen LogP contribution is -2.38. The van der Waals surface area contributed by atoms with E-state index in [1.807, 2.05) is 41.8 Å². The average Bonchev–Trinajstić information content (AvgIpc) is 3.50. The number of hydrogen-bond donors (Lipinski definition) is 1. The van der Waals surface area contributed by atoms with Crippen molar-refractivity contribution in [2.45, 2.75) is 24.8 Å². The number of rotatable bonds is 6. The van der Waals surface area contributed by atoms with Gasteiger partial charge in [-0.25, -0.2) is 4.39 Å². The van der Waals surface area contributed by atoms with Crippen LogP contribution in [0, 0.1) is 5.82 Å². The summed E-state index contributed by atoms with van der Waals surface area (Å²) >= 11 is 1.49. The van der Waals surface area contributed by atoms with E-state index in [9.17, 15) is 14.0 Å². The third-order valence-corrected chi connectivity index (χ3v) is 8.70. The van der Waals surface area contributed by atoms with Crippen molar-refractivity contribution in [2.24, 2.45) is 0 Å². The Hall–Kier alpha value is -4.63. The van der Waals surface area contributed by atoms with Crippen LogP contribution in [-0.2, 0) is 4.79 Å². The van der Waals surface area contributed by atoms with Gasteiger partial charge in [-0.2, -0.15) is 0 Å². The first kappa shape index (κ1) is 27.5. The fraction of sp³-hybridized carbons (Fsp3) is 0.212. The number of halogens is 1. The number of para-hydroxylation sites is 2. The number of ketones is 1. The minimum atomic E-state index is -0.676. The van der Waals surface area contributed by atoms with Gasteiger partial charge in [0.15, 0.2) is 17.3 Å². The quantitative estimate of drug-likeness (QED) is 0.260. The monoisotopic (exact) mass is 584 g/mol. The van der Waals surface area contributed by atoms with Crippen LogP contribution < -0.4 is 24.4 Å². The van der Waals surface area contributed by atoms with Crippen LogP contribution in [0.4, 0.5) is 15.8 Å². The maximum atomic E-state index is 14.6. The summed E-state index contributed by atoms with van der Waals surface area (Å²) in [5, 5.41) is 5.46. The zero-order valence-electron chi connectivity index (χ0n) is 23.3. The van der Waals surface area contributed by atoms with Crippen molar-refractivity contribution in [1.29, 1.82) is 0 Å². The molecule has 2 heterocycles. The molecule has 4 aromatic rings. The van der Waals surface area contributed by atoms with Crippen LogP contribution in [0.25, 0.3) is 0 Å². The van der Waals surface area contributed by atoms with Crippen molar-refractivity contribution in [3.8, 4) is 17.2 Å². The molecular formula is C33H29FN2O5S. The highest BCUT2D eigenvalue weighted by Crippen LogP contribution is 2.49. The first-order chi connectivity index (χ1) is 20.4. The fourth-order valence-electron chi connectivity index (χ4n) is 5.84. The number of nitrogens with zero attached hydrogens (tertiary/aromatic N) is 1. The summed E-state index contributed by atoms with van der Waals surface area (Å²) in [5.74, 6) is 0.244. The molecule has 0 unspecified atom stereocenters. The van der Waals surface area contributed by atoms with E-state index in [1.54, 1.807) is 29.2 Å². The van der Waals surface area contributed by atoms with Crippen LogP contribution >= 0.6 is 11.3 Å². The van der Waals surface area contributed by atoms with Crippen LogP contribution in [0.3, 0.4) is 0 Å². The zero-order valence-corrected chi connectivity index (χ0v) is 24.2. The Bertz CT molecular complexity index is 1660. The van der Waals surface area contributed by atoms with Crippen molar-refractivity contribution >= 4 is 34.4 Å². The number of benzene rings is 3. The van der Waals surface area contributed by atoms with Gasteiger partial charge in [0.1, 0.15) is 11.9 Å². The molecular weight excluding hydrogens is 555 g/mol. The number of hydrogen-bond acceptors (Lipinski definition) is 7. The summed E-state index contributed by atoms with van der Waals surface area (Å²) in [4.78, 5) is 31.3. The SMILES string of the molecule is COc1cc(C(=O)N2c3ccccc3NC3=C(C(=O)C[C@H](c4ccc(F)cc4)C3)[C@@H]2c2cccs2)cc(OC)c1OC. The van der Waals surface area contributed by atoms with E-state index in [0.717, 1.165) is 16.1 Å². The second-order valence-corrected chi connectivity index (χ2v) is 11.1. The molecule has 2 atom stereocenters. The highest BCUT2D eigenvalue weighted by Gasteiger charge is 2.42. The van der Waals surface area contributed by atoms with Crippen molar-refractivity contribution in [3.63, 3.8) is 0 Å². The number of nitrogens with one attached hydrogen (secondary N) is 1. The molecule has 2 aliphatic rings. The van der Waals surface area contributed by atoms with Gasteiger partial charge in [-0.3, -0.25) is 14.5 Å². The van der Waals surface area contributed by atoms with Crippen LogP contribution in [0.1, 0.15) is 45.6 Å². The number of ether oxygens (including phenoxy) is 3. The highest BCUT2D eigenvalue weighted by molar-refractivity contribution is 7.10. The number of carbonyl (C=O) groups excluding carboxylic acids is 2. The summed E-state index contributed by atoms with van der Waals surface area (Å²) in [6.45, 7) is 0. The highest BCUT2D eigenvalue weighted by atomic mass is 32.1. The summed E-state index contributed by atoms with van der Waals surface area (Å²) < 4.78 is 30.2. The second-order valence-electron chi connectivity index (χ2n) is 10.1. The van der Waals surface area contributed by atoms with Gasteiger partial charge in [-0.05, 0) is 65.7 Å². The zero-order chi connectivity index (χ0) is 29.4. The third-order valence-electron chi connectivity index (χ3n) is 7.77. The largest absolute Gasteiger partial charge is 0.493 e. The Morgan fingerprint density at radius 1 is 0.929 bits per heavy atom. The van der Waals surface area contributed by atoms with E-state index in [2.05, 4.69) is 5.32 Å². The maximum absolute atomic E-state index is 14.6. The summed E-state index contributed by atoms with van der Waals surface area (Å²) in [5.41, 5.74) is 3.86. The molecule has 0 spiro atoms. The van der Waals surface area contributed by atoms with Crippen LogP contribution in [0.15, 0.2) is 89.4 Å². The van der Waals surface area contributed by atoms with Gasteiger partial charge < -0.3 is 19.5 Å². The van der Waals surface area contributed by atoms with E-state index in [4.69, 9.17) is 14.2 Å². The van der Waals surface area contributed by atoms with Crippen molar-refractivity contribution in [1.82, 2.24) is 0 Å². The molecule has 0 fully saturated rings. The van der Waals surface area contributed by atoms with E-state index in [-0.39, 0.29) is 29.8 Å². The van der Waals surface area contributed by atoms with Gasteiger partial charge in [0.2, 0.25) is 5.75 Å². The standard InChI is InChI=1S/C33H29FN2O5S/c1-39-27-17-21(18-28(40-2)32(27)41-3)33(38)36-25-8-5-4-7-23(25)35-24-15-20(19-10-12-22(34)13-11-19)16-26(37)30(24)31(36)29-9-6-14-42-29/h4-14,17-18,20,31,35H,15-16H2,1-3H3/t20-,31+/m1/s1. The molecule has 1 N–H and O–H groups in total. The molecule has 6 rings (SSSR count). The molecule has 0 bridgehead atoms. The molecule has 3 aromatic carbocycles.